The van der Waals surface area contributed by atoms with E-state index in [4.69, 9.17) is 24.4 Å². The van der Waals surface area contributed by atoms with Crippen molar-refractivity contribution >= 4 is 98.4 Å². The minimum absolute atomic E-state index is 0.0155. The van der Waals surface area contributed by atoms with Gasteiger partial charge in [0.2, 0.25) is 9.84 Å². The van der Waals surface area contributed by atoms with Gasteiger partial charge in [0.15, 0.2) is 17.5 Å². The van der Waals surface area contributed by atoms with E-state index in [9.17, 15) is 18.9 Å². The molecule has 424 valence electrons. The summed E-state index contributed by atoms with van der Waals surface area (Å²) in [6.45, 7) is -0.125. The van der Waals surface area contributed by atoms with E-state index in [1.165, 1.54) is 18.2 Å². The number of hydrogen-bond acceptors (Lipinski definition) is 9. The molecule has 91 heavy (non-hydrogen) atoms. The molecule has 4 aromatic heterocycles. The van der Waals surface area contributed by atoms with Crippen molar-refractivity contribution in [2.75, 3.05) is 0 Å². The van der Waals surface area contributed by atoms with Crippen LogP contribution in [0, 0.1) is 22.7 Å². The lowest BCUT2D eigenvalue weighted by atomic mass is 9.35. The number of hydrogen-bond donors (Lipinski definition) is 0. The van der Waals surface area contributed by atoms with E-state index in [1.54, 1.807) is 12.1 Å². The van der Waals surface area contributed by atoms with Crippen LogP contribution in [-0.2, 0) is 9.84 Å². The average molecular weight is 1190 g/mol. The molecule has 0 fully saturated rings. The smallest absolute Gasteiger partial charge is 0.260 e. The minimum Gasteiger partial charge on any atom is -0.458 e. The zero-order valence-electron chi connectivity index (χ0n) is 48.0. The molecular formula is C77H43BN8O4S. The Morgan fingerprint density at radius 1 is 0.363 bits per heavy atom. The Labute approximate surface area is 520 Å². The lowest BCUT2D eigenvalue weighted by Crippen LogP contribution is -2.57. The first-order valence-electron chi connectivity index (χ1n) is 29.7. The standard InChI is InChI=1S/C77H43BN8O4S/c79-44-46-39-47(45-80)41-55(40-46)91(87,88)54-37-35-52(36-38-54)85-62-27-13-8-22-57(62)69-73(85)68-56-21-7-12-26-61(56)84(51-33-31-50(32-34-51)77-82-75(48-17-3-1-4-18-48)81-76(83-77)49-19-5-2-6-20-49)72(68)70-58-23-9-14-28-63(58)86(74(69)70)53-42-66-71-67(43-53)90-65-30-16-11-25-60(65)78(71)59-24-10-15-29-64(59)89-66/h1-43H. The Hall–Kier alpha value is -12.4. The third kappa shape index (κ3) is 7.80. The van der Waals surface area contributed by atoms with E-state index < -0.39 is 9.84 Å². The fourth-order valence-electron chi connectivity index (χ4n) is 14.0. The van der Waals surface area contributed by atoms with Crippen molar-refractivity contribution in [3.05, 3.63) is 272 Å². The summed E-state index contributed by atoms with van der Waals surface area (Å²) in [7, 11) is -4.19. The number of para-hydroxylation sites is 5. The third-order valence-corrected chi connectivity index (χ3v) is 19.6. The van der Waals surface area contributed by atoms with Crippen LogP contribution in [-0.4, -0.2) is 43.8 Å². The highest BCUT2D eigenvalue weighted by molar-refractivity contribution is 7.91. The molecule has 0 N–H and O–H groups in total. The summed E-state index contributed by atoms with van der Waals surface area (Å²) in [5, 5.41) is 25.6. The fraction of sp³-hybridized carbons (Fsp3) is 0. The summed E-state index contributed by atoms with van der Waals surface area (Å²) < 4.78 is 50.1. The number of sulfone groups is 1. The molecule has 0 amide bonds. The van der Waals surface area contributed by atoms with Gasteiger partial charge in [0.1, 0.15) is 23.0 Å². The summed E-state index contributed by atoms with van der Waals surface area (Å²) in [4.78, 5) is 15.1. The highest BCUT2D eigenvalue weighted by Gasteiger charge is 2.41. The van der Waals surface area contributed by atoms with Crippen LogP contribution in [0.4, 0.5) is 0 Å². The lowest BCUT2D eigenvalue weighted by Gasteiger charge is -2.33. The summed E-state index contributed by atoms with van der Waals surface area (Å²) >= 11 is 0. The van der Waals surface area contributed by atoms with Crippen molar-refractivity contribution < 1.29 is 17.9 Å². The molecule has 0 saturated carbocycles. The molecule has 0 spiro atoms. The van der Waals surface area contributed by atoms with Gasteiger partial charge in [-0.05, 0) is 108 Å². The molecule has 2 aliphatic heterocycles. The van der Waals surface area contributed by atoms with Crippen LogP contribution < -0.4 is 25.9 Å². The topological polar surface area (TPSA) is 154 Å². The van der Waals surface area contributed by atoms with Gasteiger partial charge in [-0.1, -0.05) is 152 Å². The van der Waals surface area contributed by atoms with Gasteiger partial charge in [-0.2, -0.15) is 10.5 Å². The third-order valence-electron chi connectivity index (χ3n) is 17.8. The maximum absolute atomic E-state index is 14.5. The monoisotopic (exact) mass is 1190 g/mol. The van der Waals surface area contributed by atoms with Crippen molar-refractivity contribution in [2.24, 2.45) is 0 Å². The van der Waals surface area contributed by atoms with Crippen molar-refractivity contribution in [3.63, 3.8) is 0 Å². The van der Waals surface area contributed by atoms with Crippen LogP contribution in [0.3, 0.4) is 0 Å². The molecule has 0 aliphatic carbocycles. The Kier molecular flexibility index (Phi) is 11.3. The molecule has 2 aliphatic rings. The molecular weight excluding hydrogens is 1140 g/mol. The van der Waals surface area contributed by atoms with Crippen molar-refractivity contribution in [3.8, 4) is 86.4 Å². The van der Waals surface area contributed by atoms with Gasteiger partial charge >= 0.3 is 0 Å². The molecule has 0 bridgehead atoms. The minimum atomic E-state index is -4.19. The summed E-state index contributed by atoms with van der Waals surface area (Å²) in [5.41, 5.74) is 13.9. The van der Waals surface area contributed by atoms with Crippen LogP contribution >= 0.6 is 0 Å². The normalized spacial score (nSPS) is 12.4. The second-order valence-corrected chi connectivity index (χ2v) is 24.8. The van der Waals surface area contributed by atoms with E-state index >= 15 is 0 Å². The molecule has 0 radical (unpaired) electrons. The van der Waals surface area contributed by atoms with Gasteiger partial charge in [-0.15, -0.1) is 0 Å². The number of nitrogens with zero attached hydrogens (tertiary/aromatic N) is 8. The number of fused-ring (bicyclic) bond motifs is 16. The van der Waals surface area contributed by atoms with Crippen LogP contribution in [0.15, 0.2) is 271 Å². The maximum Gasteiger partial charge on any atom is 0.260 e. The zero-order valence-corrected chi connectivity index (χ0v) is 48.8. The van der Waals surface area contributed by atoms with Crippen molar-refractivity contribution in [2.45, 2.75) is 9.79 Å². The molecule has 14 heteroatoms. The number of aromatic nitrogens is 6. The van der Waals surface area contributed by atoms with E-state index in [0.717, 1.165) is 121 Å². The van der Waals surface area contributed by atoms with Crippen molar-refractivity contribution in [1.82, 2.24) is 28.7 Å². The Bertz CT molecular complexity index is 5850. The largest absolute Gasteiger partial charge is 0.458 e. The Balaban J connectivity index is 0.935. The second kappa shape index (κ2) is 19.8. The van der Waals surface area contributed by atoms with Gasteiger partial charge in [0.25, 0.3) is 6.71 Å². The summed E-state index contributed by atoms with van der Waals surface area (Å²) in [6, 6.07) is 89.6. The lowest BCUT2D eigenvalue weighted by molar-refractivity contribution is 0.464. The summed E-state index contributed by atoms with van der Waals surface area (Å²) in [5.74, 6) is 4.66. The van der Waals surface area contributed by atoms with Gasteiger partial charge in [-0.3, -0.25) is 0 Å². The maximum atomic E-state index is 14.5. The van der Waals surface area contributed by atoms with Crippen LogP contribution in [0.2, 0.25) is 0 Å². The molecule has 12 nitrogen and oxygen atoms in total. The molecule has 0 atom stereocenters. The van der Waals surface area contributed by atoms with E-state index in [1.807, 2.05) is 115 Å². The number of nitriles is 2. The highest BCUT2D eigenvalue weighted by Crippen LogP contribution is 2.51. The molecule has 0 unspecified atom stereocenters. The van der Waals surface area contributed by atoms with E-state index in [2.05, 4.69) is 141 Å². The first-order valence-corrected chi connectivity index (χ1v) is 31.2. The average Bonchev–Trinajstić information content (AvgIpc) is 1.52. The van der Waals surface area contributed by atoms with Gasteiger partial charge in [-0.25, -0.2) is 23.4 Å². The van der Waals surface area contributed by atoms with Crippen molar-refractivity contribution in [1.29, 1.82) is 10.5 Å². The van der Waals surface area contributed by atoms with Gasteiger partial charge in [0, 0.05) is 78.0 Å². The zero-order chi connectivity index (χ0) is 60.6. The molecule has 16 aromatic rings. The molecule has 6 heterocycles. The Morgan fingerprint density at radius 2 is 0.736 bits per heavy atom. The van der Waals surface area contributed by atoms with Gasteiger partial charge in [0.05, 0.1) is 71.8 Å². The highest BCUT2D eigenvalue weighted by atomic mass is 32.2. The van der Waals surface area contributed by atoms with Crippen LogP contribution in [0.25, 0.3) is 117 Å². The summed E-state index contributed by atoms with van der Waals surface area (Å²) in [6.07, 6.45) is 0. The molecule has 0 saturated heterocycles. The Morgan fingerprint density at radius 3 is 1.18 bits per heavy atom. The first kappa shape index (κ1) is 51.8. The predicted molar refractivity (Wildman–Crippen MR) is 358 cm³/mol. The number of benzene rings is 12. The van der Waals surface area contributed by atoms with Gasteiger partial charge < -0.3 is 23.2 Å². The SMILES string of the molecule is N#Cc1cc(C#N)cc(S(=O)(=O)c2ccc(-n3c4ccccc4c4c3c3c5ccccc5n(-c5ccc(-c6nc(-c7ccccc7)nc(-c7ccccc7)n6)cc5)c3c3c5ccccc5n(-c5cc6c7c(c5)Oc5ccccc5B7c5ccccc5O6)c34)cc2)c1. The van der Waals surface area contributed by atoms with E-state index in [0.29, 0.717) is 34.7 Å². The first-order chi connectivity index (χ1) is 44.8. The fourth-order valence-corrected chi connectivity index (χ4v) is 15.3. The quantitative estimate of drug-likeness (QED) is 0.135. The van der Waals surface area contributed by atoms with Crippen LogP contribution in [0.5, 0.6) is 23.0 Å². The predicted octanol–water partition coefficient (Wildman–Crippen LogP) is 15.5. The molecule has 18 rings (SSSR count). The number of ether oxygens (including phenoxy) is 2. The van der Waals surface area contributed by atoms with Crippen LogP contribution in [0.1, 0.15) is 11.1 Å². The number of rotatable bonds is 8. The second-order valence-electron chi connectivity index (χ2n) is 22.8. The van der Waals surface area contributed by atoms with E-state index in [-0.39, 0.29) is 27.6 Å². The molecule has 12 aromatic carbocycles.